The van der Waals surface area contributed by atoms with Crippen LogP contribution in [0, 0.1) is 56.2 Å². The van der Waals surface area contributed by atoms with Crippen molar-refractivity contribution in [1.29, 1.82) is 0 Å². The number of ketones is 1. The van der Waals surface area contributed by atoms with Gasteiger partial charge in [0.2, 0.25) is 0 Å². The van der Waals surface area contributed by atoms with E-state index in [-0.39, 0.29) is 71.3 Å². The Labute approximate surface area is 375 Å². The molecule has 62 heavy (non-hydrogen) atoms. The van der Waals surface area contributed by atoms with Gasteiger partial charge in [0.05, 0.1) is 24.9 Å². The molecule has 9 atom stereocenters. The van der Waals surface area contributed by atoms with Gasteiger partial charge in [0.1, 0.15) is 17.8 Å². The molecule has 0 saturated heterocycles. The number of hydrogen-bond acceptors (Lipinski definition) is 8. The number of hydrogen-bond donors (Lipinski definition) is 1. The normalized spacial score (nSPS) is 33.4. The van der Waals surface area contributed by atoms with Crippen LogP contribution in [0.5, 0.6) is 0 Å². The topological polar surface area (TPSA) is 137 Å². The smallest absolute Gasteiger partial charge is 0.410 e. The number of carboxylic acids is 1. The first-order chi connectivity index (χ1) is 28.5. The lowest BCUT2D eigenvalue weighted by Gasteiger charge is -2.72. The van der Waals surface area contributed by atoms with Crippen LogP contribution in [0.15, 0.2) is 35.4 Å². The van der Waals surface area contributed by atoms with Crippen LogP contribution in [0.25, 0.3) is 0 Å². The number of carboxylic acid groups (broad SMARTS) is 1. The van der Waals surface area contributed by atoms with E-state index in [4.69, 9.17) is 25.8 Å². The standard InChI is InChI=1S/C51H74ClNO9/c1-30(2)41-35(55)26-51(39(60-31(3)54)29-53(44(59)62-45(4,5)6)28-32-16-14-15-17-34(32)52)25-24-49(12)33(42(41)51)18-19-37-48(11)22-21-38(61-40(56)27-46(7,8)43(57)58)47(9,10)36(48)20-23-50(37,49)13/h14-17,30,33,36-39H,18-29H2,1-13H3,(H,57,58)/t33-,36+,37-,38+,39-,48+,49-,50-,51+/m1/s1. The van der Waals surface area contributed by atoms with Crippen LogP contribution in [-0.2, 0) is 39.9 Å². The molecule has 4 fully saturated rings. The Kier molecular flexibility index (Phi) is 12.8. The minimum Gasteiger partial charge on any atom is -0.481 e. The molecule has 6 rings (SSSR count). The van der Waals surface area contributed by atoms with Gasteiger partial charge < -0.3 is 24.2 Å². The molecule has 4 saturated carbocycles. The van der Waals surface area contributed by atoms with Gasteiger partial charge in [-0.15, -0.1) is 0 Å². The molecule has 10 nitrogen and oxygen atoms in total. The van der Waals surface area contributed by atoms with Crippen LogP contribution in [-0.4, -0.2) is 64.1 Å². The molecule has 0 unspecified atom stereocenters. The lowest BCUT2D eigenvalue weighted by atomic mass is 9.33. The van der Waals surface area contributed by atoms with E-state index >= 15 is 0 Å². The van der Waals surface area contributed by atoms with Crippen molar-refractivity contribution in [2.24, 2.45) is 56.2 Å². The second-order valence-electron chi connectivity index (χ2n) is 23.1. The van der Waals surface area contributed by atoms with Crippen molar-refractivity contribution in [1.82, 2.24) is 4.90 Å². The Morgan fingerprint density at radius 3 is 2.15 bits per heavy atom. The first-order valence-corrected chi connectivity index (χ1v) is 23.5. The number of carbonyl (C=O) groups is 5. The van der Waals surface area contributed by atoms with E-state index in [9.17, 15) is 29.1 Å². The average molecular weight is 881 g/mol. The number of fused-ring (bicyclic) bond motifs is 7. The maximum absolute atomic E-state index is 14.6. The summed E-state index contributed by atoms with van der Waals surface area (Å²) >= 11 is 6.67. The molecule has 1 aromatic rings. The molecule has 5 aliphatic rings. The number of aliphatic carboxylic acids is 1. The molecule has 0 heterocycles. The van der Waals surface area contributed by atoms with Crippen molar-refractivity contribution in [3.8, 4) is 0 Å². The Morgan fingerprint density at radius 1 is 0.887 bits per heavy atom. The van der Waals surface area contributed by atoms with Crippen molar-refractivity contribution in [3.05, 3.63) is 46.0 Å². The van der Waals surface area contributed by atoms with E-state index < -0.39 is 46.5 Å². The Balaban J connectivity index is 1.36. The van der Waals surface area contributed by atoms with E-state index in [2.05, 4.69) is 48.5 Å². The fraction of sp³-hybridized carbons (Fsp3) is 0.745. The maximum Gasteiger partial charge on any atom is 0.410 e. The van der Waals surface area contributed by atoms with Gasteiger partial charge in [0, 0.05) is 29.2 Å². The lowest BCUT2D eigenvalue weighted by Crippen LogP contribution is -2.66. The number of nitrogens with zero attached hydrogens (tertiary/aromatic N) is 1. The zero-order chi connectivity index (χ0) is 46.2. The van der Waals surface area contributed by atoms with Gasteiger partial charge in [-0.1, -0.05) is 78.3 Å². The van der Waals surface area contributed by atoms with Crippen LogP contribution < -0.4 is 0 Å². The predicted molar refractivity (Wildman–Crippen MR) is 239 cm³/mol. The number of Topliss-reactive ketones (excluding diaryl/α,β-unsaturated/α-hetero) is 1. The highest BCUT2D eigenvalue weighted by Gasteiger charge is 2.71. The molecule has 1 N–H and O–H groups in total. The molecule has 0 aliphatic heterocycles. The third-order valence-corrected chi connectivity index (χ3v) is 17.5. The SMILES string of the molecule is CC(=O)O[C@H](CN(Cc1ccccc1Cl)C(=O)OC(C)(C)C)[C@@]12CC[C@]3(C)[C@H](CC[C@@H]4[C@@]5(C)CC[C@H](OC(=O)CC(C)(C)C(=O)O)C(C)(C)[C@@H]5CC[C@]43C)C1=C(C(C)C)C(=O)C2. The fourth-order valence-electron chi connectivity index (χ4n) is 14.0. The summed E-state index contributed by atoms with van der Waals surface area (Å²) in [4.78, 5) is 68.6. The summed E-state index contributed by atoms with van der Waals surface area (Å²) in [6.45, 7) is 26.3. The second-order valence-corrected chi connectivity index (χ2v) is 23.5. The fourth-order valence-corrected chi connectivity index (χ4v) is 14.2. The molecule has 1 aromatic carbocycles. The zero-order valence-corrected chi connectivity index (χ0v) is 40.6. The quantitative estimate of drug-likeness (QED) is 0.170. The van der Waals surface area contributed by atoms with Crippen LogP contribution in [0.1, 0.15) is 160 Å². The van der Waals surface area contributed by atoms with Crippen molar-refractivity contribution in [3.63, 3.8) is 0 Å². The van der Waals surface area contributed by atoms with Crippen molar-refractivity contribution < 1.29 is 43.3 Å². The van der Waals surface area contributed by atoms with Crippen LogP contribution >= 0.6 is 11.6 Å². The Hall–Kier alpha value is -3.40. The van der Waals surface area contributed by atoms with Gasteiger partial charge >= 0.3 is 24.0 Å². The molecule has 0 bridgehead atoms. The van der Waals surface area contributed by atoms with Gasteiger partial charge in [-0.25, -0.2) is 4.79 Å². The highest BCUT2D eigenvalue weighted by atomic mass is 35.5. The van der Waals surface area contributed by atoms with E-state index in [0.29, 0.717) is 23.3 Å². The summed E-state index contributed by atoms with van der Waals surface area (Å²) in [5.74, 6) is -1.12. The maximum atomic E-state index is 14.6. The number of ether oxygens (including phenoxy) is 3. The largest absolute Gasteiger partial charge is 0.481 e. The molecule has 1 amide bonds. The van der Waals surface area contributed by atoms with Crippen molar-refractivity contribution in [2.45, 2.75) is 179 Å². The summed E-state index contributed by atoms with van der Waals surface area (Å²) in [5.41, 5.74) is -0.631. The van der Waals surface area contributed by atoms with Gasteiger partial charge in [0.25, 0.3) is 0 Å². The monoisotopic (exact) mass is 880 g/mol. The summed E-state index contributed by atoms with van der Waals surface area (Å²) in [6.07, 6.45) is 5.35. The highest BCUT2D eigenvalue weighted by Crippen LogP contribution is 2.77. The molecular weight excluding hydrogens is 806 g/mol. The number of benzene rings is 1. The number of allylic oxidation sites excluding steroid dienone is 1. The van der Waals surface area contributed by atoms with E-state index in [0.717, 1.165) is 61.7 Å². The number of rotatable bonds is 11. The van der Waals surface area contributed by atoms with Gasteiger partial charge in [-0.05, 0) is 149 Å². The lowest BCUT2D eigenvalue weighted by molar-refractivity contribution is -0.235. The number of amides is 1. The van der Waals surface area contributed by atoms with E-state index in [1.807, 2.05) is 39.0 Å². The van der Waals surface area contributed by atoms with Crippen LogP contribution in [0.2, 0.25) is 5.02 Å². The summed E-state index contributed by atoms with van der Waals surface area (Å²) in [5, 5.41) is 10.2. The minimum absolute atomic E-state index is 0.0318. The summed E-state index contributed by atoms with van der Waals surface area (Å²) in [6, 6.07) is 7.39. The second kappa shape index (κ2) is 16.5. The van der Waals surface area contributed by atoms with Gasteiger partial charge in [-0.2, -0.15) is 0 Å². The van der Waals surface area contributed by atoms with Gasteiger partial charge in [-0.3, -0.25) is 19.2 Å². The molecule has 344 valence electrons. The molecule has 5 aliphatic carbocycles. The van der Waals surface area contributed by atoms with E-state index in [1.54, 1.807) is 24.8 Å². The molecule has 11 heteroatoms. The number of carbonyl (C=O) groups excluding carboxylic acids is 4. The van der Waals surface area contributed by atoms with Crippen molar-refractivity contribution >= 4 is 41.4 Å². The highest BCUT2D eigenvalue weighted by molar-refractivity contribution is 6.31. The van der Waals surface area contributed by atoms with Crippen LogP contribution in [0.4, 0.5) is 4.79 Å². The summed E-state index contributed by atoms with van der Waals surface area (Å²) < 4.78 is 18.6. The first-order valence-electron chi connectivity index (χ1n) is 23.1. The van der Waals surface area contributed by atoms with Crippen molar-refractivity contribution in [2.75, 3.05) is 6.54 Å². The zero-order valence-electron chi connectivity index (χ0n) is 39.8. The molecular formula is C51H74ClNO9. The Bertz CT molecular complexity index is 2000. The number of halogens is 1. The first kappa shape index (κ1) is 48.1. The average Bonchev–Trinajstić information content (AvgIpc) is 3.45. The summed E-state index contributed by atoms with van der Waals surface area (Å²) in [7, 11) is 0. The predicted octanol–water partition coefficient (Wildman–Crippen LogP) is 11.4. The van der Waals surface area contributed by atoms with Crippen LogP contribution in [0.3, 0.4) is 0 Å². The number of esters is 2. The molecule has 0 radical (unpaired) electrons. The third-order valence-electron chi connectivity index (χ3n) is 17.1. The molecule has 0 aromatic heterocycles. The Morgan fingerprint density at radius 2 is 1.55 bits per heavy atom. The molecule has 0 spiro atoms. The van der Waals surface area contributed by atoms with Gasteiger partial charge in [0.15, 0.2) is 5.78 Å². The minimum atomic E-state index is -1.20. The third kappa shape index (κ3) is 8.25. The van der Waals surface area contributed by atoms with E-state index in [1.165, 1.54) is 6.92 Å².